The summed E-state index contributed by atoms with van der Waals surface area (Å²) in [6.45, 7) is 4.87. The van der Waals surface area contributed by atoms with Crippen LogP contribution in [0, 0.1) is 0 Å². The van der Waals surface area contributed by atoms with E-state index in [1.807, 2.05) is 0 Å². The van der Waals surface area contributed by atoms with Gasteiger partial charge in [0.2, 0.25) is 5.91 Å². The molecule has 0 rings (SSSR count). The molecule has 0 aliphatic heterocycles. The zero-order valence-corrected chi connectivity index (χ0v) is 38.1. The lowest BCUT2D eigenvalue weighted by molar-refractivity contribution is -0.143. The number of aliphatic hydroxyl groups excluding tert-OH is 2. The molecule has 0 saturated heterocycles. The van der Waals surface area contributed by atoms with E-state index in [1.165, 1.54) is 154 Å². The number of carbonyl (C=O) groups is 2. The molecule has 0 spiro atoms. The number of amides is 1. The Kier molecular flexibility index (Phi) is 45.7. The Bertz CT molecular complexity index is 889. The van der Waals surface area contributed by atoms with E-state index in [0.29, 0.717) is 25.9 Å². The van der Waals surface area contributed by atoms with Crippen LogP contribution in [0.2, 0.25) is 0 Å². The maximum absolute atomic E-state index is 12.4. The highest BCUT2D eigenvalue weighted by Gasteiger charge is 2.20. The topological polar surface area (TPSA) is 95.9 Å². The zero-order valence-electron chi connectivity index (χ0n) is 38.1. The van der Waals surface area contributed by atoms with Crippen LogP contribution in [0.4, 0.5) is 0 Å². The summed E-state index contributed by atoms with van der Waals surface area (Å²) in [7, 11) is 0. The first-order valence-corrected chi connectivity index (χ1v) is 25.1. The molecule has 57 heavy (non-hydrogen) atoms. The summed E-state index contributed by atoms with van der Waals surface area (Å²) in [5, 5.41) is 23.2. The van der Waals surface area contributed by atoms with Crippen molar-refractivity contribution in [2.45, 2.75) is 276 Å². The van der Waals surface area contributed by atoms with E-state index in [9.17, 15) is 19.8 Å². The second kappa shape index (κ2) is 47.0. The number of esters is 1. The van der Waals surface area contributed by atoms with Crippen molar-refractivity contribution in [1.29, 1.82) is 0 Å². The van der Waals surface area contributed by atoms with Gasteiger partial charge < -0.3 is 20.3 Å². The molecule has 0 aromatic rings. The minimum absolute atomic E-state index is 0.0315. The van der Waals surface area contributed by atoms with E-state index < -0.39 is 12.1 Å². The third kappa shape index (κ3) is 43.7. The van der Waals surface area contributed by atoms with Crippen molar-refractivity contribution in [2.75, 3.05) is 13.2 Å². The SMILES string of the molecule is CCCCCCC/C=C\CCCCCCCC(=O)OCCCCC/C=C\CCCCCCCC(=O)NC(CO)C(O)CCCCCCCCCCCCCCCC. The monoisotopic (exact) mass is 804 g/mol. The van der Waals surface area contributed by atoms with Crippen LogP contribution >= 0.6 is 0 Å². The van der Waals surface area contributed by atoms with Crippen LogP contribution in [0.1, 0.15) is 264 Å². The van der Waals surface area contributed by atoms with Gasteiger partial charge in [-0.3, -0.25) is 9.59 Å². The highest BCUT2D eigenvalue weighted by molar-refractivity contribution is 5.76. The molecule has 6 heteroatoms. The lowest BCUT2D eigenvalue weighted by Crippen LogP contribution is -2.45. The van der Waals surface area contributed by atoms with Crippen molar-refractivity contribution < 1.29 is 24.5 Å². The summed E-state index contributed by atoms with van der Waals surface area (Å²) < 4.78 is 5.43. The Balaban J connectivity index is 3.52. The molecule has 0 aromatic carbocycles. The lowest BCUT2D eigenvalue weighted by atomic mass is 10.0. The quantitative estimate of drug-likeness (QED) is 0.0324. The van der Waals surface area contributed by atoms with Crippen LogP contribution in [0.15, 0.2) is 24.3 Å². The highest BCUT2D eigenvalue weighted by atomic mass is 16.5. The van der Waals surface area contributed by atoms with Crippen molar-refractivity contribution in [3.63, 3.8) is 0 Å². The highest BCUT2D eigenvalue weighted by Crippen LogP contribution is 2.16. The molecule has 2 unspecified atom stereocenters. The Hall–Kier alpha value is -1.66. The van der Waals surface area contributed by atoms with E-state index in [1.54, 1.807) is 0 Å². The van der Waals surface area contributed by atoms with Crippen LogP contribution in [-0.2, 0) is 14.3 Å². The second-order valence-electron chi connectivity index (χ2n) is 17.1. The first kappa shape index (κ1) is 55.3. The standard InChI is InChI=1S/C51H97NO5/c1-3-5-7-9-11-13-15-17-19-23-27-31-35-39-43-49(54)48(47-53)52-50(55)44-40-36-32-28-24-21-22-26-30-34-38-42-46-57-51(56)45-41-37-33-29-25-20-18-16-14-12-10-8-6-4-2/h16,18,22,26,48-49,53-54H,3-15,17,19-21,23-25,27-47H2,1-2H3,(H,52,55)/b18-16-,26-22-. The first-order valence-electron chi connectivity index (χ1n) is 25.1. The molecule has 0 radical (unpaired) electrons. The third-order valence-electron chi connectivity index (χ3n) is 11.5. The van der Waals surface area contributed by atoms with Gasteiger partial charge in [0.25, 0.3) is 0 Å². The smallest absolute Gasteiger partial charge is 0.305 e. The number of carbonyl (C=O) groups excluding carboxylic acids is 2. The molecule has 0 saturated carbocycles. The average molecular weight is 804 g/mol. The van der Waals surface area contributed by atoms with Crippen molar-refractivity contribution in [3.05, 3.63) is 24.3 Å². The molecule has 0 aliphatic carbocycles. The normalized spacial score (nSPS) is 12.8. The number of unbranched alkanes of at least 4 members (excludes halogenated alkanes) is 31. The van der Waals surface area contributed by atoms with Crippen molar-refractivity contribution in [1.82, 2.24) is 5.32 Å². The fourth-order valence-electron chi connectivity index (χ4n) is 7.57. The van der Waals surface area contributed by atoms with Gasteiger partial charge >= 0.3 is 5.97 Å². The summed E-state index contributed by atoms with van der Waals surface area (Å²) >= 11 is 0. The average Bonchev–Trinajstić information content (AvgIpc) is 3.21. The summed E-state index contributed by atoms with van der Waals surface area (Å²) in [4.78, 5) is 24.4. The van der Waals surface area contributed by atoms with Gasteiger partial charge in [0.05, 0.1) is 25.4 Å². The molecule has 2 atom stereocenters. The summed E-state index contributed by atoms with van der Waals surface area (Å²) in [6, 6.07) is -0.559. The van der Waals surface area contributed by atoms with Crippen molar-refractivity contribution >= 4 is 11.9 Å². The Morgan fingerprint density at radius 3 is 1.25 bits per heavy atom. The van der Waals surface area contributed by atoms with Crippen molar-refractivity contribution in [2.24, 2.45) is 0 Å². The molecule has 6 nitrogen and oxygen atoms in total. The molecule has 1 amide bonds. The van der Waals surface area contributed by atoms with Gasteiger partial charge in [-0.2, -0.15) is 0 Å². The maximum atomic E-state index is 12.4. The van der Waals surface area contributed by atoms with E-state index in [4.69, 9.17) is 4.74 Å². The summed E-state index contributed by atoms with van der Waals surface area (Å²) in [5.41, 5.74) is 0. The fourth-order valence-corrected chi connectivity index (χ4v) is 7.57. The summed E-state index contributed by atoms with van der Waals surface area (Å²) in [5.74, 6) is -0.0929. The number of hydrogen-bond donors (Lipinski definition) is 3. The minimum atomic E-state index is -0.680. The van der Waals surface area contributed by atoms with Crippen LogP contribution in [0.25, 0.3) is 0 Å². The first-order chi connectivity index (χ1) is 28.0. The van der Waals surface area contributed by atoms with Crippen molar-refractivity contribution in [3.8, 4) is 0 Å². The number of ether oxygens (including phenoxy) is 1. The van der Waals surface area contributed by atoms with Gasteiger partial charge in [0.1, 0.15) is 0 Å². The van der Waals surface area contributed by atoms with Gasteiger partial charge in [-0.15, -0.1) is 0 Å². The van der Waals surface area contributed by atoms with Gasteiger partial charge in [-0.25, -0.2) is 0 Å². The molecular weight excluding hydrogens is 707 g/mol. The van der Waals surface area contributed by atoms with E-state index >= 15 is 0 Å². The molecule has 336 valence electrons. The number of nitrogens with one attached hydrogen (secondary N) is 1. The number of hydrogen-bond acceptors (Lipinski definition) is 5. The van der Waals surface area contributed by atoms with Gasteiger partial charge in [-0.1, -0.05) is 192 Å². The fraction of sp³-hybridized carbons (Fsp3) is 0.882. The molecular formula is C51H97NO5. The second-order valence-corrected chi connectivity index (χ2v) is 17.1. The number of aliphatic hydroxyl groups is 2. The summed E-state index contributed by atoms with van der Waals surface area (Å²) in [6.07, 6.45) is 54.2. The van der Waals surface area contributed by atoms with Gasteiger partial charge in [-0.05, 0) is 83.5 Å². The van der Waals surface area contributed by atoms with Crippen LogP contribution in [0.5, 0.6) is 0 Å². The van der Waals surface area contributed by atoms with Crippen LogP contribution < -0.4 is 5.32 Å². The predicted octanol–water partition coefficient (Wildman–Crippen LogP) is 14.7. The predicted molar refractivity (Wildman–Crippen MR) is 246 cm³/mol. The Labute approximate surface area is 354 Å². The Morgan fingerprint density at radius 2 is 0.825 bits per heavy atom. The third-order valence-corrected chi connectivity index (χ3v) is 11.5. The molecule has 0 aromatic heterocycles. The van der Waals surface area contributed by atoms with E-state index in [2.05, 4.69) is 43.5 Å². The zero-order chi connectivity index (χ0) is 41.5. The largest absolute Gasteiger partial charge is 0.466 e. The van der Waals surface area contributed by atoms with E-state index in [-0.39, 0.29) is 18.5 Å². The number of allylic oxidation sites excluding steroid dienone is 4. The maximum Gasteiger partial charge on any atom is 0.305 e. The van der Waals surface area contributed by atoms with Crippen LogP contribution in [0.3, 0.4) is 0 Å². The van der Waals surface area contributed by atoms with E-state index in [0.717, 1.165) is 77.0 Å². The van der Waals surface area contributed by atoms with Gasteiger partial charge in [0.15, 0.2) is 0 Å². The van der Waals surface area contributed by atoms with Crippen LogP contribution in [-0.4, -0.2) is 47.4 Å². The molecule has 0 bridgehead atoms. The molecule has 0 heterocycles. The molecule has 0 aliphatic rings. The van der Waals surface area contributed by atoms with Gasteiger partial charge in [0, 0.05) is 12.8 Å². The minimum Gasteiger partial charge on any atom is -0.466 e. The molecule has 3 N–H and O–H groups in total. The lowest BCUT2D eigenvalue weighted by Gasteiger charge is -2.22. The number of rotatable bonds is 46. The molecule has 0 fully saturated rings. The Morgan fingerprint density at radius 1 is 0.474 bits per heavy atom.